The van der Waals surface area contributed by atoms with Crippen molar-refractivity contribution in [1.82, 2.24) is 15.3 Å². The zero-order valence-corrected chi connectivity index (χ0v) is 14.6. The average Bonchev–Trinajstić information content (AvgIpc) is 3.24. The second-order valence-electron chi connectivity index (χ2n) is 6.57. The monoisotopic (exact) mass is 348 g/mol. The fourth-order valence-electron chi connectivity index (χ4n) is 3.09. The molecule has 1 aromatic rings. The predicted octanol–water partition coefficient (Wildman–Crippen LogP) is 1.36. The van der Waals surface area contributed by atoms with Gasteiger partial charge < -0.3 is 25.2 Å². The number of ether oxygens (including phenoxy) is 1. The smallest absolute Gasteiger partial charge is 0.232 e. The van der Waals surface area contributed by atoms with Crippen LogP contribution in [0.4, 0.5) is 17.6 Å². The maximum absolute atomic E-state index is 5.45. The second kappa shape index (κ2) is 7.06. The molecule has 2 N–H and O–H groups in total. The Hall–Kier alpha value is -1.67. The highest BCUT2D eigenvalue weighted by Crippen LogP contribution is 2.25. The Kier molecular flexibility index (Phi) is 4.66. The van der Waals surface area contributed by atoms with E-state index in [9.17, 15) is 0 Å². The SMILES string of the molecule is S=C(Nc1nc(N2CCCC2)cc(N2CCOCC2)n1)NC1CC1. The molecule has 3 heterocycles. The largest absolute Gasteiger partial charge is 0.378 e. The third-order valence-electron chi connectivity index (χ3n) is 4.60. The fourth-order valence-corrected chi connectivity index (χ4v) is 3.35. The molecule has 0 radical (unpaired) electrons. The summed E-state index contributed by atoms with van der Waals surface area (Å²) in [4.78, 5) is 14.0. The van der Waals surface area contributed by atoms with E-state index in [1.807, 2.05) is 0 Å². The molecule has 4 rings (SSSR count). The van der Waals surface area contributed by atoms with E-state index in [1.54, 1.807) is 0 Å². The van der Waals surface area contributed by atoms with Gasteiger partial charge in [0.15, 0.2) is 5.11 Å². The van der Waals surface area contributed by atoms with E-state index < -0.39 is 0 Å². The molecule has 8 heteroatoms. The van der Waals surface area contributed by atoms with Crippen LogP contribution in [0.2, 0.25) is 0 Å². The molecule has 1 aliphatic carbocycles. The van der Waals surface area contributed by atoms with Crippen molar-refractivity contribution in [2.24, 2.45) is 0 Å². The van der Waals surface area contributed by atoms with Crippen LogP contribution in [-0.4, -0.2) is 60.5 Å². The summed E-state index contributed by atoms with van der Waals surface area (Å²) in [5.41, 5.74) is 0. The summed E-state index contributed by atoms with van der Waals surface area (Å²) in [6, 6.07) is 2.62. The highest BCUT2D eigenvalue weighted by atomic mass is 32.1. The van der Waals surface area contributed by atoms with Gasteiger partial charge in [-0.2, -0.15) is 9.97 Å². The molecule has 0 amide bonds. The van der Waals surface area contributed by atoms with Crippen molar-refractivity contribution in [2.75, 3.05) is 54.5 Å². The summed E-state index contributed by atoms with van der Waals surface area (Å²) < 4.78 is 5.45. The minimum absolute atomic E-state index is 0.519. The zero-order valence-electron chi connectivity index (χ0n) is 13.8. The topological polar surface area (TPSA) is 65.6 Å². The number of hydrogen-bond donors (Lipinski definition) is 2. The van der Waals surface area contributed by atoms with E-state index >= 15 is 0 Å². The highest BCUT2D eigenvalue weighted by molar-refractivity contribution is 7.80. The van der Waals surface area contributed by atoms with Crippen LogP contribution in [0.3, 0.4) is 0 Å². The summed E-state index contributed by atoms with van der Waals surface area (Å²) in [6.45, 7) is 5.33. The van der Waals surface area contributed by atoms with Crippen LogP contribution < -0.4 is 20.4 Å². The lowest BCUT2D eigenvalue weighted by Crippen LogP contribution is -2.37. The number of rotatable bonds is 4. The summed E-state index contributed by atoms with van der Waals surface area (Å²) >= 11 is 5.38. The van der Waals surface area contributed by atoms with Crippen molar-refractivity contribution in [3.63, 3.8) is 0 Å². The van der Waals surface area contributed by atoms with Gasteiger partial charge in [-0.05, 0) is 37.9 Å². The van der Waals surface area contributed by atoms with Crippen LogP contribution in [-0.2, 0) is 4.74 Å². The molecule has 24 heavy (non-hydrogen) atoms. The maximum Gasteiger partial charge on any atom is 0.232 e. The first-order valence-electron chi connectivity index (χ1n) is 8.82. The number of hydrogen-bond acceptors (Lipinski definition) is 6. The molecule has 3 aliphatic rings. The third-order valence-corrected chi connectivity index (χ3v) is 4.82. The van der Waals surface area contributed by atoms with Crippen LogP contribution in [0.1, 0.15) is 25.7 Å². The minimum atomic E-state index is 0.519. The molecule has 2 aliphatic heterocycles. The lowest BCUT2D eigenvalue weighted by atomic mass is 10.4. The van der Waals surface area contributed by atoms with E-state index in [-0.39, 0.29) is 0 Å². The molecular formula is C16H24N6OS. The molecule has 2 saturated heterocycles. The fraction of sp³-hybridized carbons (Fsp3) is 0.688. The minimum Gasteiger partial charge on any atom is -0.378 e. The van der Waals surface area contributed by atoms with Gasteiger partial charge in [-0.3, -0.25) is 0 Å². The first-order valence-corrected chi connectivity index (χ1v) is 9.23. The van der Waals surface area contributed by atoms with Crippen LogP contribution >= 0.6 is 12.2 Å². The Morgan fingerprint density at radius 1 is 1.04 bits per heavy atom. The van der Waals surface area contributed by atoms with Crippen molar-refractivity contribution in [2.45, 2.75) is 31.7 Å². The van der Waals surface area contributed by atoms with Crippen molar-refractivity contribution in [3.05, 3.63) is 6.07 Å². The van der Waals surface area contributed by atoms with Crippen LogP contribution in [0.25, 0.3) is 0 Å². The Labute approximate surface area is 147 Å². The Morgan fingerprint density at radius 3 is 2.29 bits per heavy atom. The summed E-state index contributed by atoms with van der Waals surface area (Å²) in [5.74, 6) is 2.52. The average molecular weight is 348 g/mol. The Morgan fingerprint density at radius 2 is 1.67 bits per heavy atom. The summed E-state index contributed by atoms with van der Waals surface area (Å²) in [6.07, 6.45) is 4.83. The maximum atomic E-state index is 5.45. The van der Waals surface area contributed by atoms with E-state index in [4.69, 9.17) is 26.9 Å². The van der Waals surface area contributed by atoms with Gasteiger partial charge in [0.1, 0.15) is 11.6 Å². The second-order valence-corrected chi connectivity index (χ2v) is 6.98. The predicted molar refractivity (Wildman–Crippen MR) is 98.9 cm³/mol. The molecule has 130 valence electrons. The Bertz CT molecular complexity index is 596. The number of anilines is 3. The van der Waals surface area contributed by atoms with E-state index in [0.717, 1.165) is 51.0 Å². The number of morpholine rings is 1. The molecule has 0 atom stereocenters. The lowest BCUT2D eigenvalue weighted by Gasteiger charge is -2.29. The van der Waals surface area contributed by atoms with Gasteiger partial charge in [0, 0.05) is 38.3 Å². The van der Waals surface area contributed by atoms with Gasteiger partial charge in [0.25, 0.3) is 0 Å². The highest BCUT2D eigenvalue weighted by Gasteiger charge is 2.23. The van der Waals surface area contributed by atoms with Crippen molar-refractivity contribution in [1.29, 1.82) is 0 Å². The van der Waals surface area contributed by atoms with Gasteiger partial charge in [0.2, 0.25) is 5.95 Å². The van der Waals surface area contributed by atoms with Gasteiger partial charge in [0.05, 0.1) is 13.2 Å². The van der Waals surface area contributed by atoms with E-state index in [2.05, 4.69) is 26.5 Å². The van der Waals surface area contributed by atoms with Crippen LogP contribution in [0.5, 0.6) is 0 Å². The quantitative estimate of drug-likeness (QED) is 0.791. The molecule has 1 saturated carbocycles. The number of aromatic nitrogens is 2. The summed E-state index contributed by atoms with van der Waals surface area (Å²) in [5, 5.41) is 7.07. The molecule has 1 aromatic heterocycles. The van der Waals surface area contributed by atoms with Gasteiger partial charge in [-0.1, -0.05) is 0 Å². The van der Waals surface area contributed by atoms with Crippen LogP contribution in [0, 0.1) is 0 Å². The molecule has 0 spiro atoms. The van der Waals surface area contributed by atoms with E-state index in [1.165, 1.54) is 25.7 Å². The van der Waals surface area contributed by atoms with Gasteiger partial charge >= 0.3 is 0 Å². The molecule has 0 bridgehead atoms. The molecule has 0 aromatic carbocycles. The van der Waals surface area contributed by atoms with Crippen LogP contribution in [0.15, 0.2) is 6.07 Å². The van der Waals surface area contributed by atoms with E-state index in [0.29, 0.717) is 17.1 Å². The number of nitrogens with zero attached hydrogens (tertiary/aromatic N) is 4. The number of nitrogens with one attached hydrogen (secondary N) is 2. The Balaban J connectivity index is 1.55. The van der Waals surface area contributed by atoms with Crippen molar-refractivity contribution in [3.8, 4) is 0 Å². The normalized spacial score (nSPS) is 21.0. The third kappa shape index (κ3) is 3.87. The lowest BCUT2D eigenvalue weighted by molar-refractivity contribution is 0.122. The van der Waals surface area contributed by atoms with Gasteiger partial charge in [-0.15, -0.1) is 0 Å². The number of thiocarbonyl (C=S) groups is 1. The molecule has 3 fully saturated rings. The summed E-state index contributed by atoms with van der Waals surface area (Å²) in [7, 11) is 0. The zero-order chi connectivity index (χ0) is 16.4. The van der Waals surface area contributed by atoms with Crippen molar-refractivity contribution >= 4 is 34.9 Å². The molecular weight excluding hydrogens is 324 g/mol. The first-order chi connectivity index (χ1) is 11.8. The molecule has 7 nitrogen and oxygen atoms in total. The molecule has 0 unspecified atom stereocenters. The first kappa shape index (κ1) is 15.8. The van der Waals surface area contributed by atoms with Gasteiger partial charge in [-0.25, -0.2) is 0 Å². The van der Waals surface area contributed by atoms with Crippen molar-refractivity contribution < 1.29 is 4.74 Å². The standard InChI is InChI=1S/C16H24N6OS/c24-16(17-12-3-4-12)20-15-18-13(21-5-1-2-6-21)11-14(19-15)22-7-9-23-10-8-22/h11-12H,1-10H2,(H2,17,18,19,20,24).